The molecule has 1 amide bonds. The summed E-state index contributed by atoms with van der Waals surface area (Å²) in [5.41, 5.74) is 1.06. The fourth-order valence-electron chi connectivity index (χ4n) is 1.57. The zero-order valence-electron chi connectivity index (χ0n) is 8.60. The summed E-state index contributed by atoms with van der Waals surface area (Å²) >= 11 is 0. The smallest absolute Gasteiger partial charge is 0.329 e. The molecule has 0 aliphatic heterocycles. The molecule has 0 spiro atoms. The minimum Gasteiger partial charge on any atom is -0.329 e. The highest BCUT2D eigenvalue weighted by atomic mass is 16.2. The van der Waals surface area contributed by atoms with Gasteiger partial charge in [-0.05, 0) is 18.9 Å². The van der Waals surface area contributed by atoms with Crippen LogP contribution in [0.4, 0.5) is 4.79 Å². The lowest BCUT2D eigenvalue weighted by Crippen LogP contribution is -2.27. The molecule has 0 bridgehead atoms. The molecule has 0 unspecified atom stereocenters. The summed E-state index contributed by atoms with van der Waals surface area (Å²) in [6, 6.07) is 1.86. The van der Waals surface area contributed by atoms with E-state index in [0.717, 1.165) is 5.69 Å². The minimum atomic E-state index is -0.0874. The Balaban J connectivity index is 2.12. The number of nitrogens with zero attached hydrogens (tertiary/aromatic N) is 3. The van der Waals surface area contributed by atoms with E-state index >= 15 is 0 Å². The number of amides is 1. The van der Waals surface area contributed by atoms with Crippen LogP contribution in [0.3, 0.4) is 0 Å². The van der Waals surface area contributed by atoms with Gasteiger partial charge in [0.2, 0.25) is 0 Å². The van der Waals surface area contributed by atoms with Gasteiger partial charge in [-0.25, -0.2) is 4.79 Å². The molecule has 2 rings (SSSR count). The van der Waals surface area contributed by atoms with E-state index in [1.807, 2.05) is 6.07 Å². The summed E-state index contributed by atoms with van der Waals surface area (Å²) < 4.78 is 1.41. The Bertz CT molecular complexity index is 339. The number of carbonyl (C=O) groups excluding carboxylic acids is 1. The number of hydrogen-bond donors (Lipinski definition) is 0. The quantitative estimate of drug-likeness (QED) is 0.680. The third kappa shape index (κ3) is 1.52. The maximum Gasteiger partial charge on any atom is 0.344 e. The first-order chi connectivity index (χ1) is 6.68. The number of carbonyl (C=O) groups is 1. The molecule has 1 heterocycles. The number of aromatic nitrogens is 2. The summed E-state index contributed by atoms with van der Waals surface area (Å²) in [4.78, 5) is 13.0. The maximum atomic E-state index is 11.5. The van der Waals surface area contributed by atoms with Crippen molar-refractivity contribution in [3.8, 4) is 0 Å². The topological polar surface area (TPSA) is 38.1 Å². The minimum absolute atomic E-state index is 0.0874. The van der Waals surface area contributed by atoms with Crippen molar-refractivity contribution in [2.75, 3.05) is 14.1 Å². The Morgan fingerprint density at radius 1 is 1.57 bits per heavy atom. The van der Waals surface area contributed by atoms with Gasteiger partial charge in [0.15, 0.2) is 0 Å². The van der Waals surface area contributed by atoms with Crippen LogP contribution in [-0.4, -0.2) is 34.8 Å². The van der Waals surface area contributed by atoms with Crippen molar-refractivity contribution in [3.05, 3.63) is 18.0 Å². The lowest BCUT2D eigenvalue weighted by Gasteiger charge is -2.22. The predicted octanol–water partition coefficient (Wildman–Crippen LogP) is 1.68. The molecule has 4 nitrogen and oxygen atoms in total. The molecule has 0 N–H and O–H groups in total. The summed E-state index contributed by atoms with van der Waals surface area (Å²) in [6.45, 7) is 0. The van der Waals surface area contributed by atoms with E-state index in [9.17, 15) is 4.79 Å². The van der Waals surface area contributed by atoms with Gasteiger partial charge >= 0.3 is 6.03 Å². The number of rotatable bonds is 1. The third-order valence-electron chi connectivity index (χ3n) is 2.71. The molecule has 0 saturated heterocycles. The molecule has 1 saturated carbocycles. The molecule has 0 radical (unpaired) electrons. The van der Waals surface area contributed by atoms with E-state index in [0.29, 0.717) is 5.92 Å². The SMILES string of the molecule is CN(C)C(=O)n1ccc(C2CCC2)n1. The van der Waals surface area contributed by atoms with E-state index in [-0.39, 0.29) is 6.03 Å². The third-order valence-corrected chi connectivity index (χ3v) is 2.71. The van der Waals surface area contributed by atoms with Crippen LogP contribution in [0.15, 0.2) is 12.3 Å². The Labute approximate surface area is 83.5 Å². The van der Waals surface area contributed by atoms with Crippen LogP contribution in [0.25, 0.3) is 0 Å². The Hall–Kier alpha value is -1.32. The van der Waals surface area contributed by atoms with Gasteiger partial charge in [-0.2, -0.15) is 9.78 Å². The summed E-state index contributed by atoms with van der Waals surface area (Å²) in [5, 5.41) is 4.28. The first-order valence-corrected chi connectivity index (χ1v) is 4.95. The van der Waals surface area contributed by atoms with Gasteiger partial charge in [0.05, 0.1) is 5.69 Å². The summed E-state index contributed by atoms with van der Waals surface area (Å²) in [7, 11) is 3.46. The van der Waals surface area contributed by atoms with Crippen LogP contribution in [0.1, 0.15) is 30.9 Å². The van der Waals surface area contributed by atoms with Crippen LogP contribution >= 0.6 is 0 Å². The Morgan fingerprint density at radius 3 is 2.79 bits per heavy atom. The second kappa shape index (κ2) is 3.44. The molecule has 1 aliphatic rings. The van der Waals surface area contributed by atoms with Crippen molar-refractivity contribution >= 4 is 6.03 Å². The van der Waals surface area contributed by atoms with Gasteiger partial charge in [0.1, 0.15) is 0 Å². The van der Waals surface area contributed by atoms with Crippen LogP contribution < -0.4 is 0 Å². The molecule has 0 atom stereocenters. The molecular formula is C10H15N3O. The molecule has 14 heavy (non-hydrogen) atoms. The fourth-order valence-corrected chi connectivity index (χ4v) is 1.57. The van der Waals surface area contributed by atoms with Crippen molar-refractivity contribution in [3.63, 3.8) is 0 Å². The monoisotopic (exact) mass is 193 g/mol. The molecule has 1 aromatic rings. The van der Waals surface area contributed by atoms with Gasteiger partial charge in [-0.1, -0.05) is 6.42 Å². The van der Waals surface area contributed by atoms with Crippen molar-refractivity contribution in [1.82, 2.24) is 14.7 Å². The molecule has 1 aliphatic carbocycles. The van der Waals surface area contributed by atoms with Gasteiger partial charge in [0, 0.05) is 26.2 Å². The van der Waals surface area contributed by atoms with Crippen molar-refractivity contribution in [1.29, 1.82) is 0 Å². The fraction of sp³-hybridized carbons (Fsp3) is 0.600. The second-order valence-electron chi connectivity index (χ2n) is 3.99. The van der Waals surface area contributed by atoms with E-state index in [4.69, 9.17) is 0 Å². The first-order valence-electron chi connectivity index (χ1n) is 4.95. The average molecular weight is 193 g/mol. The number of hydrogen-bond acceptors (Lipinski definition) is 2. The highest BCUT2D eigenvalue weighted by molar-refractivity contribution is 5.75. The largest absolute Gasteiger partial charge is 0.344 e. The molecule has 76 valence electrons. The second-order valence-corrected chi connectivity index (χ2v) is 3.99. The zero-order valence-corrected chi connectivity index (χ0v) is 8.60. The molecule has 4 heteroatoms. The van der Waals surface area contributed by atoms with Gasteiger partial charge in [-0.3, -0.25) is 0 Å². The normalized spacial score (nSPS) is 16.4. The van der Waals surface area contributed by atoms with Crippen LogP contribution in [0, 0.1) is 0 Å². The van der Waals surface area contributed by atoms with Gasteiger partial charge < -0.3 is 4.90 Å². The molecule has 0 aromatic carbocycles. The van der Waals surface area contributed by atoms with Gasteiger partial charge in [0.25, 0.3) is 0 Å². The van der Waals surface area contributed by atoms with E-state index in [2.05, 4.69) is 5.10 Å². The van der Waals surface area contributed by atoms with Crippen LogP contribution in [0.2, 0.25) is 0 Å². The lowest BCUT2D eigenvalue weighted by atomic mass is 9.83. The highest BCUT2D eigenvalue weighted by Crippen LogP contribution is 2.34. The van der Waals surface area contributed by atoms with Crippen molar-refractivity contribution in [2.45, 2.75) is 25.2 Å². The average Bonchev–Trinajstić information content (AvgIpc) is 2.48. The first kappa shape index (κ1) is 9.24. The predicted molar refractivity (Wildman–Crippen MR) is 53.3 cm³/mol. The van der Waals surface area contributed by atoms with Gasteiger partial charge in [-0.15, -0.1) is 0 Å². The summed E-state index contributed by atoms with van der Waals surface area (Å²) in [6.07, 6.45) is 5.47. The van der Waals surface area contributed by atoms with E-state index < -0.39 is 0 Å². The van der Waals surface area contributed by atoms with Crippen LogP contribution in [0.5, 0.6) is 0 Å². The molecular weight excluding hydrogens is 178 g/mol. The van der Waals surface area contributed by atoms with Crippen molar-refractivity contribution < 1.29 is 4.79 Å². The van der Waals surface area contributed by atoms with E-state index in [1.165, 1.54) is 28.8 Å². The van der Waals surface area contributed by atoms with E-state index in [1.54, 1.807) is 20.3 Å². The van der Waals surface area contributed by atoms with Crippen LogP contribution in [-0.2, 0) is 0 Å². The Morgan fingerprint density at radius 2 is 2.29 bits per heavy atom. The van der Waals surface area contributed by atoms with Crippen molar-refractivity contribution in [2.24, 2.45) is 0 Å². The Kier molecular flexibility index (Phi) is 2.27. The maximum absolute atomic E-state index is 11.5. The molecule has 1 fully saturated rings. The highest BCUT2D eigenvalue weighted by Gasteiger charge is 2.22. The summed E-state index contributed by atoms with van der Waals surface area (Å²) in [5.74, 6) is 0.589. The standard InChI is InChI=1S/C10H15N3O/c1-12(2)10(14)13-7-6-9(11-13)8-4-3-5-8/h6-8H,3-5H2,1-2H3. The molecule has 1 aromatic heterocycles. The lowest BCUT2D eigenvalue weighted by molar-refractivity contribution is 0.215. The zero-order chi connectivity index (χ0) is 10.1.